The largest absolute Gasteiger partial charge is 0.480 e. The molecule has 102 valence electrons. The summed E-state index contributed by atoms with van der Waals surface area (Å²) in [5.41, 5.74) is 1.85. The second-order valence-corrected chi connectivity index (χ2v) is 4.02. The second-order valence-electron chi connectivity index (χ2n) is 4.02. The SMILES string of the molecule is COc1cnc(C(O)c2cnn(C)c2C)c(OC)n1. The molecule has 19 heavy (non-hydrogen) atoms. The monoisotopic (exact) mass is 264 g/mol. The predicted molar refractivity (Wildman–Crippen MR) is 67.1 cm³/mol. The van der Waals surface area contributed by atoms with E-state index in [1.165, 1.54) is 20.4 Å². The van der Waals surface area contributed by atoms with Gasteiger partial charge in [-0.3, -0.25) is 4.68 Å². The summed E-state index contributed by atoms with van der Waals surface area (Å²) in [6, 6.07) is 0. The molecule has 1 atom stereocenters. The Bertz CT molecular complexity index is 582. The molecule has 0 spiro atoms. The first kappa shape index (κ1) is 13.3. The Morgan fingerprint density at radius 2 is 2.00 bits per heavy atom. The van der Waals surface area contributed by atoms with Crippen molar-refractivity contribution in [1.29, 1.82) is 0 Å². The fraction of sp³-hybridized carbons (Fsp3) is 0.417. The molecule has 0 saturated carbocycles. The van der Waals surface area contributed by atoms with Gasteiger partial charge in [0.2, 0.25) is 11.8 Å². The van der Waals surface area contributed by atoms with Crippen molar-refractivity contribution < 1.29 is 14.6 Å². The summed E-state index contributed by atoms with van der Waals surface area (Å²) in [5.74, 6) is 0.561. The Balaban J connectivity index is 2.43. The normalized spacial score (nSPS) is 12.3. The van der Waals surface area contributed by atoms with Crippen molar-refractivity contribution >= 4 is 0 Å². The smallest absolute Gasteiger partial charge is 0.241 e. The fourth-order valence-electron chi connectivity index (χ4n) is 1.73. The molecule has 0 aliphatic carbocycles. The topological polar surface area (TPSA) is 82.3 Å². The van der Waals surface area contributed by atoms with E-state index in [2.05, 4.69) is 15.1 Å². The molecule has 0 saturated heterocycles. The number of aliphatic hydroxyl groups is 1. The van der Waals surface area contributed by atoms with Gasteiger partial charge in [-0.2, -0.15) is 10.1 Å². The zero-order valence-corrected chi connectivity index (χ0v) is 11.3. The van der Waals surface area contributed by atoms with Gasteiger partial charge in [-0.15, -0.1) is 0 Å². The van der Waals surface area contributed by atoms with Crippen LogP contribution in [0.15, 0.2) is 12.4 Å². The number of aromatic nitrogens is 4. The zero-order chi connectivity index (χ0) is 14.0. The Kier molecular flexibility index (Phi) is 3.66. The van der Waals surface area contributed by atoms with Crippen molar-refractivity contribution in [2.75, 3.05) is 14.2 Å². The fourth-order valence-corrected chi connectivity index (χ4v) is 1.73. The number of methoxy groups -OCH3 is 2. The highest BCUT2D eigenvalue weighted by Crippen LogP contribution is 2.29. The summed E-state index contributed by atoms with van der Waals surface area (Å²) in [6.07, 6.45) is 2.10. The highest BCUT2D eigenvalue weighted by atomic mass is 16.5. The van der Waals surface area contributed by atoms with Crippen LogP contribution in [-0.4, -0.2) is 39.1 Å². The Labute approximate surface area is 110 Å². The number of aryl methyl sites for hydroxylation is 1. The van der Waals surface area contributed by atoms with Crippen molar-refractivity contribution in [3.63, 3.8) is 0 Å². The maximum Gasteiger partial charge on any atom is 0.241 e. The third-order valence-corrected chi connectivity index (χ3v) is 2.97. The van der Waals surface area contributed by atoms with Gasteiger partial charge in [-0.1, -0.05) is 0 Å². The van der Waals surface area contributed by atoms with Crippen LogP contribution >= 0.6 is 0 Å². The molecule has 7 heteroatoms. The van der Waals surface area contributed by atoms with E-state index >= 15 is 0 Å². The van der Waals surface area contributed by atoms with Crippen molar-refractivity contribution in [3.05, 3.63) is 29.3 Å². The van der Waals surface area contributed by atoms with Crippen LogP contribution in [0.25, 0.3) is 0 Å². The van der Waals surface area contributed by atoms with E-state index in [-0.39, 0.29) is 5.88 Å². The molecular formula is C12H16N4O3. The summed E-state index contributed by atoms with van der Waals surface area (Å²) >= 11 is 0. The lowest BCUT2D eigenvalue weighted by atomic mass is 10.1. The lowest BCUT2D eigenvalue weighted by Crippen LogP contribution is -2.08. The Morgan fingerprint density at radius 1 is 1.26 bits per heavy atom. The van der Waals surface area contributed by atoms with Gasteiger partial charge in [0, 0.05) is 18.3 Å². The molecule has 2 aromatic heterocycles. The minimum atomic E-state index is -0.943. The number of nitrogens with zero attached hydrogens (tertiary/aromatic N) is 4. The first-order valence-corrected chi connectivity index (χ1v) is 5.70. The number of rotatable bonds is 4. The first-order chi connectivity index (χ1) is 9.08. The third kappa shape index (κ3) is 2.37. The summed E-state index contributed by atoms with van der Waals surface area (Å²) in [6.45, 7) is 1.87. The van der Waals surface area contributed by atoms with Gasteiger partial charge in [0.25, 0.3) is 0 Å². The predicted octanol–water partition coefficient (Wildman–Crippen LogP) is 0.617. The number of aliphatic hydroxyl groups excluding tert-OH is 1. The quantitative estimate of drug-likeness (QED) is 0.871. The van der Waals surface area contributed by atoms with Crippen molar-refractivity contribution in [3.8, 4) is 11.8 Å². The van der Waals surface area contributed by atoms with Crippen molar-refractivity contribution in [2.45, 2.75) is 13.0 Å². The standard InChI is InChI=1S/C12H16N4O3/c1-7-8(5-14-16(7)2)11(17)10-12(19-4)15-9(18-3)6-13-10/h5-6,11,17H,1-4H3. The van der Waals surface area contributed by atoms with Crippen LogP contribution in [0.3, 0.4) is 0 Å². The van der Waals surface area contributed by atoms with Gasteiger partial charge < -0.3 is 14.6 Å². The van der Waals surface area contributed by atoms with E-state index in [0.29, 0.717) is 17.1 Å². The van der Waals surface area contributed by atoms with Gasteiger partial charge >= 0.3 is 0 Å². The van der Waals surface area contributed by atoms with Crippen molar-refractivity contribution in [1.82, 2.24) is 19.7 Å². The van der Waals surface area contributed by atoms with Crippen LogP contribution in [0.5, 0.6) is 11.8 Å². The molecule has 1 unspecified atom stereocenters. The van der Waals surface area contributed by atoms with E-state index in [1.807, 2.05) is 14.0 Å². The van der Waals surface area contributed by atoms with Gasteiger partial charge in [-0.05, 0) is 6.92 Å². The molecular weight excluding hydrogens is 248 g/mol. The summed E-state index contributed by atoms with van der Waals surface area (Å²) in [7, 11) is 4.77. The maximum atomic E-state index is 10.4. The number of hydrogen-bond acceptors (Lipinski definition) is 6. The van der Waals surface area contributed by atoms with E-state index in [9.17, 15) is 5.11 Å². The highest BCUT2D eigenvalue weighted by molar-refractivity contribution is 5.33. The van der Waals surface area contributed by atoms with E-state index in [4.69, 9.17) is 9.47 Å². The number of ether oxygens (including phenoxy) is 2. The maximum absolute atomic E-state index is 10.4. The number of hydrogen-bond donors (Lipinski definition) is 1. The second kappa shape index (κ2) is 5.23. The average Bonchev–Trinajstić information content (AvgIpc) is 2.77. The molecule has 0 aromatic carbocycles. The van der Waals surface area contributed by atoms with Gasteiger partial charge in [0.05, 0.1) is 26.6 Å². The van der Waals surface area contributed by atoms with Gasteiger partial charge in [0.15, 0.2) is 0 Å². The molecule has 0 aliphatic heterocycles. The molecule has 0 radical (unpaired) electrons. The van der Waals surface area contributed by atoms with Crippen LogP contribution < -0.4 is 9.47 Å². The van der Waals surface area contributed by atoms with Crippen LogP contribution in [0.1, 0.15) is 23.1 Å². The third-order valence-electron chi connectivity index (χ3n) is 2.97. The molecule has 0 aliphatic rings. The average molecular weight is 264 g/mol. The van der Waals surface area contributed by atoms with Crippen LogP contribution in [-0.2, 0) is 7.05 Å². The van der Waals surface area contributed by atoms with Crippen molar-refractivity contribution in [2.24, 2.45) is 7.05 Å². The Morgan fingerprint density at radius 3 is 2.53 bits per heavy atom. The molecule has 0 amide bonds. The Hall–Kier alpha value is -2.15. The summed E-state index contributed by atoms with van der Waals surface area (Å²) in [5, 5.41) is 14.5. The highest BCUT2D eigenvalue weighted by Gasteiger charge is 2.22. The van der Waals surface area contributed by atoms with E-state index < -0.39 is 6.10 Å². The van der Waals surface area contributed by atoms with Crippen LogP contribution in [0.2, 0.25) is 0 Å². The summed E-state index contributed by atoms with van der Waals surface area (Å²) < 4.78 is 11.8. The lowest BCUT2D eigenvalue weighted by molar-refractivity contribution is 0.206. The zero-order valence-electron chi connectivity index (χ0n) is 11.3. The molecule has 0 fully saturated rings. The minimum Gasteiger partial charge on any atom is -0.480 e. The first-order valence-electron chi connectivity index (χ1n) is 5.70. The molecule has 2 heterocycles. The summed E-state index contributed by atoms with van der Waals surface area (Å²) in [4.78, 5) is 8.25. The molecule has 2 rings (SSSR count). The minimum absolute atomic E-state index is 0.232. The van der Waals surface area contributed by atoms with Gasteiger partial charge in [-0.25, -0.2) is 4.98 Å². The van der Waals surface area contributed by atoms with Crippen LogP contribution in [0.4, 0.5) is 0 Å². The van der Waals surface area contributed by atoms with E-state index in [0.717, 1.165) is 5.69 Å². The molecule has 0 bridgehead atoms. The van der Waals surface area contributed by atoms with Gasteiger partial charge in [0.1, 0.15) is 11.8 Å². The molecule has 1 N–H and O–H groups in total. The molecule has 2 aromatic rings. The molecule has 7 nitrogen and oxygen atoms in total. The van der Waals surface area contributed by atoms with Crippen LogP contribution in [0, 0.1) is 6.92 Å². The van der Waals surface area contributed by atoms with E-state index in [1.54, 1.807) is 10.9 Å². The lowest BCUT2D eigenvalue weighted by Gasteiger charge is -2.13.